The molecule has 0 aliphatic carbocycles. The normalized spacial score (nSPS) is 16.6. The predicted molar refractivity (Wildman–Crippen MR) is 87.4 cm³/mol. The molecular formula is C18H25FN2O. The molecule has 1 aromatic carbocycles. The van der Waals surface area contributed by atoms with E-state index >= 15 is 0 Å². The van der Waals surface area contributed by atoms with Gasteiger partial charge in [0.25, 0.3) is 0 Å². The van der Waals surface area contributed by atoms with Gasteiger partial charge in [0.05, 0.1) is 0 Å². The van der Waals surface area contributed by atoms with Crippen LogP contribution in [0.4, 0.5) is 4.39 Å². The highest BCUT2D eigenvalue weighted by Crippen LogP contribution is 2.16. The fraction of sp³-hybridized carbons (Fsp3) is 0.500. The first kappa shape index (κ1) is 16.7. The fourth-order valence-electron chi connectivity index (χ4n) is 2.80. The van der Waals surface area contributed by atoms with Crippen LogP contribution in [0.25, 0.3) is 0 Å². The summed E-state index contributed by atoms with van der Waals surface area (Å²) in [5.74, 6) is -0.325. The lowest BCUT2D eigenvalue weighted by Crippen LogP contribution is -2.31. The molecule has 22 heavy (non-hydrogen) atoms. The van der Waals surface area contributed by atoms with Gasteiger partial charge in [-0.2, -0.15) is 0 Å². The van der Waals surface area contributed by atoms with Gasteiger partial charge in [-0.15, -0.1) is 0 Å². The maximum Gasteiger partial charge on any atom is 0.190 e. The monoisotopic (exact) mass is 304 g/mol. The van der Waals surface area contributed by atoms with Gasteiger partial charge in [-0.1, -0.05) is 6.42 Å². The van der Waals surface area contributed by atoms with Gasteiger partial charge in [0.15, 0.2) is 5.78 Å². The number of piperidine rings is 1. The maximum absolute atomic E-state index is 13.0. The number of hydrogen-bond acceptors (Lipinski definition) is 3. The maximum atomic E-state index is 13.0. The van der Waals surface area contributed by atoms with Crippen molar-refractivity contribution in [1.82, 2.24) is 9.80 Å². The Morgan fingerprint density at radius 1 is 1.18 bits per heavy atom. The predicted octanol–water partition coefficient (Wildman–Crippen LogP) is 3.33. The first-order chi connectivity index (χ1) is 10.6. The molecule has 0 aromatic heterocycles. The molecule has 1 aromatic rings. The van der Waals surface area contributed by atoms with Crippen molar-refractivity contribution in [3.63, 3.8) is 0 Å². The Balaban J connectivity index is 2.05. The Labute approximate surface area is 132 Å². The standard InChI is InChI=1S/C18H25FN2O/c1-20(2)14-16(10-13-21-11-4-3-5-12-21)18(22)15-6-8-17(19)9-7-15/h6-9,14H,3-5,10-13H2,1-2H3/b16-14+. The second-order valence-corrected chi connectivity index (χ2v) is 6.11. The molecule has 0 spiro atoms. The van der Waals surface area contributed by atoms with Crippen LogP contribution in [0.1, 0.15) is 36.0 Å². The third-order valence-electron chi connectivity index (χ3n) is 3.96. The lowest BCUT2D eigenvalue weighted by Gasteiger charge is -2.26. The SMILES string of the molecule is CN(C)/C=C(\CCN1CCCCC1)C(=O)c1ccc(F)cc1. The van der Waals surface area contributed by atoms with Crippen LogP contribution >= 0.6 is 0 Å². The number of likely N-dealkylation sites (tertiary alicyclic amines) is 1. The summed E-state index contributed by atoms with van der Waals surface area (Å²) in [7, 11) is 3.83. The van der Waals surface area contributed by atoms with Gasteiger partial charge in [-0.05, 0) is 56.6 Å². The van der Waals surface area contributed by atoms with Crippen molar-refractivity contribution in [3.05, 3.63) is 47.4 Å². The number of carbonyl (C=O) groups is 1. The Hall–Kier alpha value is -1.68. The minimum absolute atomic E-state index is 0.00860. The van der Waals surface area contributed by atoms with Crippen molar-refractivity contribution >= 4 is 5.78 Å². The van der Waals surface area contributed by atoms with Crippen molar-refractivity contribution < 1.29 is 9.18 Å². The molecule has 0 unspecified atom stereocenters. The Morgan fingerprint density at radius 2 is 1.82 bits per heavy atom. The third-order valence-corrected chi connectivity index (χ3v) is 3.96. The number of benzene rings is 1. The van der Waals surface area contributed by atoms with Crippen molar-refractivity contribution in [2.24, 2.45) is 0 Å². The molecule has 0 amide bonds. The van der Waals surface area contributed by atoms with E-state index < -0.39 is 0 Å². The van der Waals surface area contributed by atoms with Crippen molar-refractivity contribution in [3.8, 4) is 0 Å². The molecule has 3 nitrogen and oxygen atoms in total. The molecule has 0 saturated carbocycles. The first-order valence-electron chi connectivity index (χ1n) is 7.96. The van der Waals surface area contributed by atoms with E-state index in [-0.39, 0.29) is 11.6 Å². The van der Waals surface area contributed by atoms with E-state index in [0.29, 0.717) is 5.56 Å². The topological polar surface area (TPSA) is 23.6 Å². The Bertz CT molecular complexity index is 516. The minimum atomic E-state index is -0.317. The number of carbonyl (C=O) groups excluding carboxylic acids is 1. The molecule has 0 N–H and O–H groups in total. The summed E-state index contributed by atoms with van der Waals surface area (Å²) < 4.78 is 13.0. The van der Waals surface area contributed by atoms with E-state index in [1.165, 1.54) is 31.4 Å². The van der Waals surface area contributed by atoms with Crippen LogP contribution in [0.3, 0.4) is 0 Å². The summed E-state index contributed by atoms with van der Waals surface area (Å²) in [6, 6.07) is 5.79. The van der Waals surface area contributed by atoms with Crippen molar-refractivity contribution in [2.45, 2.75) is 25.7 Å². The van der Waals surface area contributed by atoms with Gasteiger partial charge in [0.1, 0.15) is 5.82 Å². The van der Waals surface area contributed by atoms with Gasteiger partial charge >= 0.3 is 0 Å². The highest BCUT2D eigenvalue weighted by atomic mass is 19.1. The van der Waals surface area contributed by atoms with Gasteiger partial charge in [-0.25, -0.2) is 4.39 Å². The van der Waals surface area contributed by atoms with Crippen LogP contribution in [0.15, 0.2) is 36.0 Å². The largest absolute Gasteiger partial charge is 0.383 e. The molecule has 1 fully saturated rings. The van der Waals surface area contributed by atoms with Gasteiger partial charge in [0, 0.05) is 38.0 Å². The lowest BCUT2D eigenvalue weighted by atomic mass is 10.0. The number of ketones is 1. The number of halogens is 1. The van der Waals surface area contributed by atoms with E-state index in [0.717, 1.165) is 31.6 Å². The van der Waals surface area contributed by atoms with Crippen LogP contribution < -0.4 is 0 Å². The molecule has 1 saturated heterocycles. The zero-order chi connectivity index (χ0) is 15.9. The van der Waals surface area contributed by atoms with Gasteiger partial charge < -0.3 is 9.80 Å². The van der Waals surface area contributed by atoms with E-state index in [4.69, 9.17) is 0 Å². The minimum Gasteiger partial charge on any atom is -0.383 e. The summed E-state index contributed by atoms with van der Waals surface area (Å²) in [4.78, 5) is 16.9. The van der Waals surface area contributed by atoms with E-state index in [9.17, 15) is 9.18 Å². The molecule has 0 bridgehead atoms. The van der Waals surface area contributed by atoms with Crippen molar-refractivity contribution in [1.29, 1.82) is 0 Å². The summed E-state index contributed by atoms with van der Waals surface area (Å²) >= 11 is 0. The molecule has 2 rings (SSSR count). The number of nitrogens with zero attached hydrogens (tertiary/aromatic N) is 2. The Morgan fingerprint density at radius 3 is 2.41 bits per heavy atom. The molecular weight excluding hydrogens is 279 g/mol. The fourth-order valence-corrected chi connectivity index (χ4v) is 2.80. The number of rotatable bonds is 6. The van der Waals surface area contributed by atoms with Gasteiger partial charge in [0.2, 0.25) is 0 Å². The van der Waals surface area contributed by atoms with Crippen LogP contribution in [0.5, 0.6) is 0 Å². The van der Waals surface area contributed by atoms with Crippen molar-refractivity contribution in [2.75, 3.05) is 33.7 Å². The summed E-state index contributed by atoms with van der Waals surface area (Å²) in [6.45, 7) is 3.16. The van der Waals surface area contributed by atoms with E-state index in [2.05, 4.69) is 4.90 Å². The molecule has 1 heterocycles. The van der Waals surface area contributed by atoms with E-state index in [1.54, 1.807) is 12.1 Å². The number of hydrogen-bond donors (Lipinski definition) is 0. The van der Waals surface area contributed by atoms with Crippen LogP contribution in [0, 0.1) is 5.82 Å². The smallest absolute Gasteiger partial charge is 0.190 e. The molecule has 4 heteroatoms. The highest BCUT2D eigenvalue weighted by Gasteiger charge is 2.16. The molecule has 1 aliphatic rings. The highest BCUT2D eigenvalue weighted by molar-refractivity contribution is 6.08. The van der Waals surface area contributed by atoms with Gasteiger partial charge in [-0.3, -0.25) is 4.79 Å². The second-order valence-electron chi connectivity index (χ2n) is 6.11. The zero-order valence-corrected chi connectivity index (χ0v) is 13.5. The first-order valence-corrected chi connectivity index (χ1v) is 7.96. The number of Topliss-reactive ketones (excluding diaryl/α,β-unsaturated/α-hetero) is 1. The molecule has 120 valence electrons. The average Bonchev–Trinajstić information content (AvgIpc) is 2.52. The zero-order valence-electron chi connectivity index (χ0n) is 13.5. The average molecular weight is 304 g/mol. The molecule has 0 atom stereocenters. The van der Waals surface area contributed by atoms with E-state index in [1.807, 2.05) is 25.2 Å². The molecule has 1 aliphatic heterocycles. The lowest BCUT2D eigenvalue weighted by molar-refractivity contribution is 0.102. The summed E-state index contributed by atoms with van der Waals surface area (Å²) in [5.41, 5.74) is 1.33. The summed E-state index contributed by atoms with van der Waals surface area (Å²) in [6.07, 6.45) is 6.42. The third kappa shape index (κ3) is 4.95. The van der Waals surface area contributed by atoms with Crippen LogP contribution in [0.2, 0.25) is 0 Å². The second kappa shape index (κ2) is 8.08. The Kier molecular flexibility index (Phi) is 6.13. The van der Waals surface area contributed by atoms with Crippen LogP contribution in [-0.2, 0) is 0 Å². The van der Waals surface area contributed by atoms with Crippen LogP contribution in [-0.4, -0.2) is 49.3 Å². The summed E-state index contributed by atoms with van der Waals surface area (Å²) in [5, 5.41) is 0. The molecule has 0 radical (unpaired) electrons. The quantitative estimate of drug-likeness (QED) is 0.595.